The fraction of sp³-hybridized carbons (Fsp3) is 0. The lowest BCUT2D eigenvalue weighted by molar-refractivity contribution is 0.570. The number of aromatic nitrogens is 3. The van der Waals surface area contributed by atoms with Gasteiger partial charge in [-0.2, -0.15) is 0 Å². The van der Waals surface area contributed by atoms with Crippen molar-refractivity contribution in [3.05, 3.63) is 211 Å². The molecule has 0 aliphatic heterocycles. The number of para-hydroxylation sites is 4. The van der Waals surface area contributed by atoms with E-state index in [1.807, 2.05) is 30.3 Å². The Kier molecular flexibility index (Phi) is 6.81. The molecular formula is C55H33N3O2. The number of hydrogen-bond acceptors (Lipinski definition) is 2. The lowest BCUT2D eigenvalue weighted by Crippen LogP contribution is -2.00. The van der Waals surface area contributed by atoms with Gasteiger partial charge in [0.05, 0.1) is 38.5 Å². The highest BCUT2D eigenvalue weighted by Crippen LogP contribution is 2.41. The molecule has 0 saturated carbocycles. The molecule has 4 heterocycles. The van der Waals surface area contributed by atoms with E-state index in [4.69, 9.17) is 4.42 Å². The van der Waals surface area contributed by atoms with E-state index in [1.54, 1.807) is 0 Å². The SMILES string of the molecule is O=c1oc2cc3c4ccccc4n(-c4ccc5c(c4)c4cc(-c6ccc7c(c6)c6ccccc6n7-c6ccccc6)ccc4n5-c4ccccc4)c3cc2c2ccccc12. The van der Waals surface area contributed by atoms with E-state index in [9.17, 15) is 4.79 Å². The summed E-state index contributed by atoms with van der Waals surface area (Å²) in [6.07, 6.45) is 0. The van der Waals surface area contributed by atoms with Crippen molar-refractivity contribution in [2.75, 3.05) is 0 Å². The zero-order valence-corrected chi connectivity index (χ0v) is 32.2. The summed E-state index contributed by atoms with van der Waals surface area (Å²) >= 11 is 0. The Bertz CT molecular complexity index is 3960. The van der Waals surface area contributed by atoms with E-state index < -0.39 is 0 Å². The van der Waals surface area contributed by atoms with Gasteiger partial charge in [-0.15, -0.1) is 0 Å². The maximum atomic E-state index is 13.1. The summed E-state index contributed by atoms with van der Waals surface area (Å²) in [4.78, 5) is 13.1. The smallest absolute Gasteiger partial charge is 0.344 e. The summed E-state index contributed by atoms with van der Waals surface area (Å²) in [5.74, 6) is 0. The van der Waals surface area contributed by atoms with Crippen molar-refractivity contribution in [3.8, 4) is 28.2 Å². The van der Waals surface area contributed by atoms with Crippen LogP contribution in [0.4, 0.5) is 0 Å². The monoisotopic (exact) mass is 767 g/mol. The first-order valence-corrected chi connectivity index (χ1v) is 20.3. The first-order chi connectivity index (χ1) is 29.7. The van der Waals surface area contributed by atoms with Crippen LogP contribution in [0.5, 0.6) is 0 Å². The molecule has 4 aromatic heterocycles. The quantitative estimate of drug-likeness (QED) is 0.132. The van der Waals surface area contributed by atoms with Gasteiger partial charge in [-0.3, -0.25) is 0 Å². The Morgan fingerprint density at radius 3 is 1.32 bits per heavy atom. The van der Waals surface area contributed by atoms with Gasteiger partial charge in [-0.05, 0) is 114 Å². The molecule has 0 bridgehead atoms. The van der Waals surface area contributed by atoms with E-state index in [1.165, 1.54) is 32.8 Å². The van der Waals surface area contributed by atoms with Gasteiger partial charge in [0.1, 0.15) is 5.58 Å². The van der Waals surface area contributed by atoms with E-state index >= 15 is 0 Å². The van der Waals surface area contributed by atoms with Crippen molar-refractivity contribution in [2.45, 2.75) is 0 Å². The molecule has 0 N–H and O–H groups in total. The van der Waals surface area contributed by atoms with Gasteiger partial charge in [0, 0.05) is 54.8 Å². The fourth-order valence-corrected chi connectivity index (χ4v) is 9.81. The first-order valence-electron chi connectivity index (χ1n) is 20.3. The average molecular weight is 768 g/mol. The van der Waals surface area contributed by atoms with E-state index in [-0.39, 0.29) is 5.63 Å². The van der Waals surface area contributed by atoms with Crippen LogP contribution in [0.1, 0.15) is 0 Å². The molecule has 0 aliphatic carbocycles. The molecule has 0 fully saturated rings. The Hall–Kier alpha value is -8.15. The average Bonchev–Trinajstić information content (AvgIpc) is 3.93. The second-order valence-corrected chi connectivity index (χ2v) is 15.7. The molecule has 13 aromatic rings. The molecule has 0 saturated heterocycles. The third-order valence-electron chi connectivity index (χ3n) is 12.5. The van der Waals surface area contributed by atoms with Crippen molar-refractivity contribution in [3.63, 3.8) is 0 Å². The zero-order valence-electron chi connectivity index (χ0n) is 32.2. The van der Waals surface area contributed by atoms with Gasteiger partial charge >= 0.3 is 5.63 Å². The molecule has 9 aromatic carbocycles. The number of fused-ring (bicyclic) bond motifs is 12. The normalized spacial score (nSPS) is 12.1. The molecule has 5 heteroatoms. The molecule has 0 atom stereocenters. The van der Waals surface area contributed by atoms with Crippen LogP contribution in [0.25, 0.3) is 115 Å². The minimum Gasteiger partial charge on any atom is -0.422 e. The van der Waals surface area contributed by atoms with Gasteiger partial charge < -0.3 is 18.1 Å². The molecule has 0 amide bonds. The van der Waals surface area contributed by atoms with Crippen LogP contribution < -0.4 is 5.63 Å². The summed E-state index contributed by atoms with van der Waals surface area (Å²) < 4.78 is 13.0. The maximum absolute atomic E-state index is 13.1. The second-order valence-electron chi connectivity index (χ2n) is 15.7. The van der Waals surface area contributed by atoms with Crippen LogP contribution in [-0.4, -0.2) is 13.7 Å². The Balaban J connectivity index is 1.06. The van der Waals surface area contributed by atoms with Gasteiger partial charge in [-0.25, -0.2) is 4.79 Å². The highest BCUT2D eigenvalue weighted by molar-refractivity contribution is 6.18. The molecule has 13 rings (SSSR count). The predicted molar refractivity (Wildman–Crippen MR) is 248 cm³/mol. The molecule has 0 aliphatic rings. The number of rotatable bonds is 4. The highest BCUT2D eigenvalue weighted by atomic mass is 16.4. The molecule has 0 radical (unpaired) electrons. The van der Waals surface area contributed by atoms with Gasteiger partial charge in [0.15, 0.2) is 0 Å². The summed E-state index contributed by atoms with van der Waals surface area (Å²) in [7, 11) is 0. The minimum absolute atomic E-state index is 0.320. The number of nitrogens with zero attached hydrogens (tertiary/aromatic N) is 3. The van der Waals surface area contributed by atoms with Crippen molar-refractivity contribution >= 4 is 87.2 Å². The third kappa shape index (κ3) is 4.66. The third-order valence-corrected chi connectivity index (χ3v) is 12.5. The fourth-order valence-electron chi connectivity index (χ4n) is 9.81. The maximum Gasteiger partial charge on any atom is 0.344 e. The highest BCUT2D eigenvalue weighted by Gasteiger charge is 2.20. The van der Waals surface area contributed by atoms with Gasteiger partial charge in [0.25, 0.3) is 0 Å². The zero-order chi connectivity index (χ0) is 39.5. The molecule has 0 spiro atoms. The predicted octanol–water partition coefficient (Wildman–Crippen LogP) is 13.9. The van der Waals surface area contributed by atoms with Crippen molar-refractivity contribution in [1.29, 1.82) is 0 Å². The van der Waals surface area contributed by atoms with Crippen molar-refractivity contribution in [2.24, 2.45) is 0 Å². The summed E-state index contributed by atoms with van der Waals surface area (Å²) in [5.41, 5.74) is 12.7. The van der Waals surface area contributed by atoms with Crippen LogP contribution in [0.2, 0.25) is 0 Å². The molecule has 60 heavy (non-hydrogen) atoms. The lowest BCUT2D eigenvalue weighted by Gasteiger charge is -2.11. The number of hydrogen-bond donors (Lipinski definition) is 0. The van der Waals surface area contributed by atoms with Crippen molar-refractivity contribution < 1.29 is 4.42 Å². The molecular weight excluding hydrogens is 735 g/mol. The van der Waals surface area contributed by atoms with E-state index in [0.717, 1.165) is 71.6 Å². The molecule has 0 unspecified atom stereocenters. The largest absolute Gasteiger partial charge is 0.422 e. The van der Waals surface area contributed by atoms with Crippen LogP contribution in [0.15, 0.2) is 209 Å². The Morgan fingerprint density at radius 2 is 0.717 bits per heavy atom. The summed E-state index contributed by atoms with van der Waals surface area (Å²) in [5, 5.41) is 9.33. The molecule has 5 nitrogen and oxygen atoms in total. The standard InChI is InChI=1S/C55H33N3O2/c59-55-42-20-8-7-17-39(42)47-32-53-46(33-54(47)60-55)41-19-10-12-22-49(41)58(53)38-25-28-52-45(31-38)44-30-35(24-27-51(44)57(52)37-15-5-2-6-16-37)34-23-26-50-43(29-34)40-18-9-11-21-48(40)56(50)36-13-3-1-4-14-36/h1-33H. The number of benzene rings is 9. The van der Waals surface area contributed by atoms with Crippen LogP contribution in [-0.2, 0) is 0 Å². The van der Waals surface area contributed by atoms with Crippen molar-refractivity contribution in [1.82, 2.24) is 13.7 Å². The first kappa shape index (κ1) is 32.9. The van der Waals surface area contributed by atoms with Gasteiger partial charge in [-0.1, -0.05) is 103 Å². The minimum atomic E-state index is -0.320. The van der Waals surface area contributed by atoms with Crippen LogP contribution in [0.3, 0.4) is 0 Å². The molecule has 280 valence electrons. The summed E-state index contributed by atoms with van der Waals surface area (Å²) in [6, 6.07) is 71.0. The van der Waals surface area contributed by atoms with Crippen LogP contribution in [0, 0.1) is 0 Å². The van der Waals surface area contributed by atoms with E-state index in [0.29, 0.717) is 11.0 Å². The van der Waals surface area contributed by atoms with Gasteiger partial charge in [0.2, 0.25) is 0 Å². The Morgan fingerprint density at radius 1 is 0.283 bits per heavy atom. The lowest BCUT2D eigenvalue weighted by atomic mass is 10.0. The van der Waals surface area contributed by atoms with Crippen LogP contribution >= 0.6 is 0 Å². The Labute approximate surface area is 342 Å². The topological polar surface area (TPSA) is 45.0 Å². The van der Waals surface area contributed by atoms with E-state index in [2.05, 4.69) is 184 Å². The second kappa shape index (κ2) is 12.4. The summed E-state index contributed by atoms with van der Waals surface area (Å²) in [6.45, 7) is 0.